The monoisotopic (exact) mass is 264 g/mol. The zero-order chi connectivity index (χ0) is 13.5. The van der Waals surface area contributed by atoms with E-state index in [2.05, 4.69) is 16.4 Å². The molecule has 2 N–H and O–H groups in total. The summed E-state index contributed by atoms with van der Waals surface area (Å²) in [6, 6.07) is 2.67. The molecule has 0 bridgehead atoms. The summed E-state index contributed by atoms with van der Waals surface area (Å²) in [5.41, 5.74) is 1.34. The second-order valence-electron chi connectivity index (χ2n) is 5.22. The first-order valence-electron chi connectivity index (χ1n) is 7.31. The van der Waals surface area contributed by atoms with Crippen LogP contribution in [0.4, 0.5) is 0 Å². The summed E-state index contributed by atoms with van der Waals surface area (Å²) in [5, 5.41) is 3.59. The summed E-state index contributed by atoms with van der Waals surface area (Å²) in [6.45, 7) is 3.37. The third-order valence-corrected chi connectivity index (χ3v) is 3.86. The van der Waals surface area contributed by atoms with Gasteiger partial charge >= 0.3 is 5.97 Å². The molecule has 4 nitrogen and oxygen atoms in total. The summed E-state index contributed by atoms with van der Waals surface area (Å²) in [7, 11) is 0. The number of H-pyrrole nitrogens is 1. The van der Waals surface area contributed by atoms with E-state index < -0.39 is 0 Å². The van der Waals surface area contributed by atoms with E-state index in [4.69, 9.17) is 4.74 Å². The number of ether oxygens (including phenoxy) is 1. The van der Waals surface area contributed by atoms with Crippen LogP contribution in [0.5, 0.6) is 0 Å². The summed E-state index contributed by atoms with van der Waals surface area (Å²) < 4.78 is 5.08. The number of rotatable bonds is 6. The van der Waals surface area contributed by atoms with Crippen LogP contribution in [0.2, 0.25) is 0 Å². The van der Waals surface area contributed by atoms with Gasteiger partial charge in [0.05, 0.1) is 12.5 Å². The second-order valence-corrected chi connectivity index (χ2v) is 5.22. The Labute approximate surface area is 114 Å². The molecule has 0 radical (unpaired) electrons. The maximum atomic E-state index is 11.6. The molecule has 19 heavy (non-hydrogen) atoms. The molecule has 1 aliphatic rings. The zero-order valence-electron chi connectivity index (χ0n) is 11.7. The Hall–Kier alpha value is -1.29. The Kier molecular flexibility index (Phi) is 5.45. The topological polar surface area (TPSA) is 54.1 Å². The summed E-state index contributed by atoms with van der Waals surface area (Å²) in [6.07, 6.45) is 9.13. The van der Waals surface area contributed by atoms with Gasteiger partial charge in [-0.2, -0.15) is 0 Å². The lowest BCUT2D eigenvalue weighted by Crippen LogP contribution is -2.36. The van der Waals surface area contributed by atoms with Crippen molar-refractivity contribution in [2.24, 2.45) is 5.92 Å². The lowest BCUT2D eigenvalue weighted by atomic mass is 9.86. The van der Waals surface area contributed by atoms with Gasteiger partial charge in [0.15, 0.2) is 0 Å². The Morgan fingerprint density at radius 3 is 2.84 bits per heavy atom. The molecule has 1 fully saturated rings. The molecular formula is C15H24N2O2. The van der Waals surface area contributed by atoms with Crippen molar-refractivity contribution in [1.29, 1.82) is 0 Å². The Balaban J connectivity index is 1.62. The Bertz CT molecular complexity index is 368. The van der Waals surface area contributed by atoms with E-state index in [-0.39, 0.29) is 11.9 Å². The third-order valence-electron chi connectivity index (χ3n) is 3.86. The molecule has 1 aliphatic carbocycles. The van der Waals surface area contributed by atoms with Crippen LogP contribution in [-0.4, -0.2) is 30.1 Å². The minimum atomic E-state index is -0.00623. The van der Waals surface area contributed by atoms with Crippen LogP contribution in [0.1, 0.15) is 38.2 Å². The molecule has 0 aliphatic heterocycles. The average Bonchev–Trinajstić information content (AvgIpc) is 2.93. The van der Waals surface area contributed by atoms with Crippen LogP contribution >= 0.6 is 0 Å². The van der Waals surface area contributed by atoms with Crippen LogP contribution in [0.15, 0.2) is 18.5 Å². The van der Waals surface area contributed by atoms with Gasteiger partial charge in [-0.3, -0.25) is 4.79 Å². The van der Waals surface area contributed by atoms with E-state index >= 15 is 0 Å². The fourth-order valence-electron chi connectivity index (χ4n) is 2.73. The van der Waals surface area contributed by atoms with Gasteiger partial charge in [0, 0.05) is 18.4 Å². The number of hydrogen-bond acceptors (Lipinski definition) is 3. The molecule has 0 saturated heterocycles. The van der Waals surface area contributed by atoms with E-state index in [1.54, 1.807) is 0 Å². The number of aromatic amines is 1. The highest BCUT2D eigenvalue weighted by Crippen LogP contribution is 2.25. The highest BCUT2D eigenvalue weighted by molar-refractivity contribution is 5.72. The highest BCUT2D eigenvalue weighted by Gasteiger charge is 2.26. The number of esters is 1. The molecule has 0 spiro atoms. The normalized spacial score (nSPS) is 23.2. The smallest absolute Gasteiger partial charge is 0.308 e. The van der Waals surface area contributed by atoms with Gasteiger partial charge in [-0.1, -0.05) is 0 Å². The lowest BCUT2D eigenvalue weighted by Gasteiger charge is -2.27. The second kappa shape index (κ2) is 7.34. The van der Waals surface area contributed by atoms with E-state index in [0.29, 0.717) is 12.6 Å². The molecular weight excluding hydrogens is 240 g/mol. The maximum absolute atomic E-state index is 11.6. The van der Waals surface area contributed by atoms with Crippen molar-refractivity contribution in [1.82, 2.24) is 10.3 Å². The zero-order valence-corrected chi connectivity index (χ0v) is 11.7. The average molecular weight is 264 g/mol. The minimum absolute atomic E-state index is 0.00623. The maximum Gasteiger partial charge on any atom is 0.308 e. The predicted octanol–water partition coefficient (Wildman–Crippen LogP) is 2.27. The molecule has 4 heteroatoms. The fourth-order valence-corrected chi connectivity index (χ4v) is 2.73. The first-order chi connectivity index (χ1) is 9.29. The summed E-state index contributed by atoms with van der Waals surface area (Å²) >= 11 is 0. The van der Waals surface area contributed by atoms with Crippen molar-refractivity contribution in [3.05, 3.63) is 24.0 Å². The number of carbonyl (C=O) groups excluding carboxylic acids is 1. The van der Waals surface area contributed by atoms with Crippen molar-refractivity contribution in [3.8, 4) is 0 Å². The van der Waals surface area contributed by atoms with Crippen molar-refractivity contribution >= 4 is 5.97 Å². The van der Waals surface area contributed by atoms with Gasteiger partial charge in [0.1, 0.15) is 0 Å². The molecule has 0 amide bonds. The van der Waals surface area contributed by atoms with Crippen LogP contribution in [0, 0.1) is 5.92 Å². The van der Waals surface area contributed by atoms with E-state index in [1.807, 2.05) is 19.3 Å². The molecule has 106 valence electrons. The van der Waals surface area contributed by atoms with E-state index in [9.17, 15) is 4.79 Å². The first kappa shape index (κ1) is 14.1. The minimum Gasteiger partial charge on any atom is -0.466 e. The molecule has 2 rings (SSSR count). The molecule has 0 atom stereocenters. The van der Waals surface area contributed by atoms with Gasteiger partial charge in [-0.25, -0.2) is 0 Å². The van der Waals surface area contributed by atoms with Crippen molar-refractivity contribution in [2.75, 3.05) is 13.2 Å². The molecule has 0 aromatic carbocycles. The highest BCUT2D eigenvalue weighted by atomic mass is 16.5. The predicted molar refractivity (Wildman–Crippen MR) is 74.9 cm³/mol. The van der Waals surface area contributed by atoms with Gasteiger partial charge in [-0.15, -0.1) is 0 Å². The van der Waals surface area contributed by atoms with Gasteiger partial charge in [0.25, 0.3) is 0 Å². The lowest BCUT2D eigenvalue weighted by molar-refractivity contribution is -0.149. The SMILES string of the molecule is CCOC(=O)C1CCC(NCCc2cc[nH]c2)CC1. The Morgan fingerprint density at radius 2 is 2.21 bits per heavy atom. The van der Waals surface area contributed by atoms with Crippen LogP contribution in [0.3, 0.4) is 0 Å². The van der Waals surface area contributed by atoms with Crippen LogP contribution < -0.4 is 5.32 Å². The number of aromatic nitrogens is 1. The van der Waals surface area contributed by atoms with Gasteiger partial charge < -0.3 is 15.0 Å². The van der Waals surface area contributed by atoms with Crippen LogP contribution in [0.25, 0.3) is 0 Å². The Morgan fingerprint density at radius 1 is 1.42 bits per heavy atom. The molecule has 0 unspecified atom stereocenters. The third kappa shape index (κ3) is 4.39. The van der Waals surface area contributed by atoms with Crippen molar-refractivity contribution in [3.63, 3.8) is 0 Å². The standard InChI is InChI=1S/C15H24N2O2/c1-2-19-15(18)13-3-5-14(6-4-13)17-10-8-12-7-9-16-11-12/h7,9,11,13-14,16-17H,2-6,8,10H2,1H3. The van der Waals surface area contributed by atoms with Gasteiger partial charge in [0.2, 0.25) is 0 Å². The fraction of sp³-hybridized carbons (Fsp3) is 0.667. The quantitative estimate of drug-likeness (QED) is 0.775. The molecule has 1 aromatic heterocycles. The summed E-state index contributed by atoms with van der Waals surface area (Å²) in [5.74, 6) is 0.121. The molecule has 1 heterocycles. The van der Waals surface area contributed by atoms with E-state index in [0.717, 1.165) is 38.6 Å². The number of carbonyl (C=O) groups is 1. The van der Waals surface area contributed by atoms with E-state index in [1.165, 1.54) is 5.56 Å². The van der Waals surface area contributed by atoms with Crippen molar-refractivity contribution in [2.45, 2.75) is 45.1 Å². The van der Waals surface area contributed by atoms with Crippen molar-refractivity contribution < 1.29 is 9.53 Å². The summed E-state index contributed by atoms with van der Waals surface area (Å²) in [4.78, 5) is 14.7. The number of nitrogens with one attached hydrogen (secondary N) is 2. The van der Waals surface area contributed by atoms with Gasteiger partial charge in [-0.05, 0) is 57.2 Å². The largest absolute Gasteiger partial charge is 0.466 e. The first-order valence-corrected chi connectivity index (χ1v) is 7.31. The van der Waals surface area contributed by atoms with Crippen LogP contribution in [-0.2, 0) is 16.0 Å². The molecule has 1 aromatic rings. The number of hydrogen-bond donors (Lipinski definition) is 2. The molecule has 1 saturated carbocycles.